The third-order valence-electron chi connectivity index (χ3n) is 2.00. The minimum Gasteiger partial charge on any atom is -0.744 e. The molecule has 0 saturated carbocycles. The number of aryl methyl sites for hydroxylation is 1. The third-order valence-corrected chi connectivity index (χ3v) is 3.04. The molecule has 0 unspecified atom stereocenters. The van der Waals surface area contributed by atoms with Crippen molar-refractivity contribution in [1.82, 2.24) is 0 Å². The van der Waals surface area contributed by atoms with Crippen LogP contribution >= 0.6 is 0 Å². The normalized spacial score (nSPS) is 10.6. The van der Waals surface area contributed by atoms with Gasteiger partial charge >= 0.3 is 41.5 Å². The Kier molecular flexibility index (Phi) is 5.51. The fourth-order valence-corrected chi connectivity index (χ4v) is 2.26. The van der Waals surface area contributed by atoms with Crippen LogP contribution in [0.3, 0.4) is 0 Å². The SMILES string of the molecule is Cc1cc(C(=O)O)cc(C(=O)O)c1S(=O)(=O)[O-].[Na+]. The average Bonchev–Trinajstić information content (AvgIpc) is 2.13. The van der Waals surface area contributed by atoms with Gasteiger partial charge in [0.25, 0.3) is 0 Å². The van der Waals surface area contributed by atoms with E-state index in [1.54, 1.807) is 0 Å². The molecule has 0 atom stereocenters. The molecule has 18 heavy (non-hydrogen) atoms. The second-order valence-corrected chi connectivity index (χ2v) is 4.55. The maximum Gasteiger partial charge on any atom is 1.00 e. The molecule has 0 bridgehead atoms. The quantitative estimate of drug-likeness (QED) is 0.455. The van der Waals surface area contributed by atoms with Gasteiger partial charge in [0.1, 0.15) is 10.1 Å². The first kappa shape index (κ1) is 17.1. The summed E-state index contributed by atoms with van der Waals surface area (Å²) >= 11 is 0. The number of carboxylic acid groups (broad SMARTS) is 2. The van der Waals surface area contributed by atoms with E-state index < -0.39 is 38.1 Å². The van der Waals surface area contributed by atoms with Gasteiger partial charge in [-0.25, -0.2) is 18.0 Å². The second kappa shape index (κ2) is 5.81. The van der Waals surface area contributed by atoms with Gasteiger partial charge in [0, 0.05) is 0 Å². The summed E-state index contributed by atoms with van der Waals surface area (Å²) in [6.07, 6.45) is 0. The van der Waals surface area contributed by atoms with Gasteiger partial charge in [0.05, 0.1) is 16.0 Å². The van der Waals surface area contributed by atoms with Crippen LogP contribution in [0.25, 0.3) is 0 Å². The van der Waals surface area contributed by atoms with E-state index in [4.69, 9.17) is 10.2 Å². The van der Waals surface area contributed by atoms with Crippen LogP contribution in [0.15, 0.2) is 17.0 Å². The molecule has 1 aromatic carbocycles. The molecule has 2 N–H and O–H groups in total. The number of carbonyl (C=O) groups is 2. The first-order valence-corrected chi connectivity index (χ1v) is 5.62. The van der Waals surface area contributed by atoms with Crippen LogP contribution < -0.4 is 29.6 Å². The average molecular weight is 282 g/mol. The number of carboxylic acids is 2. The smallest absolute Gasteiger partial charge is 0.744 e. The Balaban J connectivity index is 0.00000289. The van der Waals surface area contributed by atoms with Crippen molar-refractivity contribution in [3.63, 3.8) is 0 Å². The van der Waals surface area contributed by atoms with Gasteiger partial charge in [0.2, 0.25) is 0 Å². The fourth-order valence-electron chi connectivity index (χ4n) is 1.39. The zero-order chi connectivity index (χ0) is 13.4. The summed E-state index contributed by atoms with van der Waals surface area (Å²) in [5.41, 5.74) is -1.44. The van der Waals surface area contributed by atoms with Crippen molar-refractivity contribution < 1.29 is 62.3 Å². The van der Waals surface area contributed by atoms with Crippen molar-refractivity contribution >= 4 is 22.1 Å². The Morgan fingerprint density at radius 1 is 1.17 bits per heavy atom. The first-order valence-electron chi connectivity index (χ1n) is 4.21. The van der Waals surface area contributed by atoms with E-state index in [-0.39, 0.29) is 35.1 Å². The standard InChI is InChI=1S/C9H8O7S.Na/c1-4-2-5(8(10)11)3-6(9(12)13)7(4)17(14,15)16;/h2-3H,1H3,(H,10,11)(H,12,13)(H,14,15,16);/q;+1/p-1. The number of benzene rings is 1. The van der Waals surface area contributed by atoms with Crippen LogP contribution in [0.1, 0.15) is 26.3 Å². The third kappa shape index (κ3) is 3.53. The molecule has 9 heteroatoms. The molecular formula is C9H7NaO7S. The van der Waals surface area contributed by atoms with Gasteiger partial charge in [-0.1, -0.05) is 0 Å². The van der Waals surface area contributed by atoms with Crippen LogP contribution in [0.4, 0.5) is 0 Å². The minimum atomic E-state index is -4.98. The van der Waals surface area contributed by atoms with Gasteiger partial charge < -0.3 is 14.8 Å². The molecule has 0 radical (unpaired) electrons. The Morgan fingerprint density at radius 3 is 2.00 bits per heavy atom. The fraction of sp³-hybridized carbons (Fsp3) is 0.111. The van der Waals surface area contributed by atoms with Crippen LogP contribution in [0.5, 0.6) is 0 Å². The van der Waals surface area contributed by atoms with Crippen LogP contribution in [0, 0.1) is 6.92 Å². The van der Waals surface area contributed by atoms with Crippen molar-refractivity contribution in [2.45, 2.75) is 11.8 Å². The van der Waals surface area contributed by atoms with Crippen LogP contribution in [-0.2, 0) is 10.1 Å². The Labute approximate surface area is 124 Å². The molecule has 7 nitrogen and oxygen atoms in total. The zero-order valence-electron chi connectivity index (χ0n) is 9.50. The predicted molar refractivity (Wildman–Crippen MR) is 53.1 cm³/mol. The maximum atomic E-state index is 10.9. The monoisotopic (exact) mass is 282 g/mol. The van der Waals surface area contributed by atoms with E-state index in [0.717, 1.165) is 13.0 Å². The Hall–Kier alpha value is -0.930. The molecule has 1 aromatic rings. The Bertz CT molecular complexity index is 606. The number of aromatic carboxylic acids is 2. The predicted octanol–water partition coefficient (Wildman–Crippen LogP) is -2.70. The first-order chi connectivity index (χ1) is 7.64. The summed E-state index contributed by atoms with van der Waals surface area (Å²) in [7, 11) is -4.98. The van der Waals surface area contributed by atoms with Crippen molar-refractivity contribution in [2.24, 2.45) is 0 Å². The van der Waals surface area contributed by atoms with Crippen molar-refractivity contribution in [1.29, 1.82) is 0 Å². The van der Waals surface area contributed by atoms with E-state index in [1.165, 1.54) is 0 Å². The summed E-state index contributed by atoms with van der Waals surface area (Å²) < 4.78 is 32.7. The minimum absolute atomic E-state index is 0. The van der Waals surface area contributed by atoms with E-state index >= 15 is 0 Å². The van der Waals surface area contributed by atoms with Gasteiger partial charge in [-0.05, 0) is 24.6 Å². The molecule has 0 aliphatic heterocycles. The molecule has 0 spiro atoms. The topological polar surface area (TPSA) is 132 Å². The molecule has 0 aliphatic rings. The van der Waals surface area contributed by atoms with Crippen molar-refractivity contribution in [3.8, 4) is 0 Å². The number of rotatable bonds is 3. The summed E-state index contributed by atoms with van der Waals surface area (Å²) in [6.45, 7) is 1.16. The molecule has 0 amide bonds. The van der Waals surface area contributed by atoms with Gasteiger partial charge in [0.15, 0.2) is 0 Å². The van der Waals surface area contributed by atoms with Crippen molar-refractivity contribution in [3.05, 3.63) is 28.8 Å². The van der Waals surface area contributed by atoms with Crippen LogP contribution in [-0.4, -0.2) is 35.1 Å². The van der Waals surface area contributed by atoms with E-state index in [2.05, 4.69) is 0 Å². The largest absolute Gasteiger partial charge is 1.00 e. The Morgan fingerprint density at radius 2 is 1.67 bits per heavy atom. The molecule has 0 aliphatic carbocycles. The van der Waals surface area contributed by atoms with Gasteiger partial charge in [-0.3, -0.25) is 0 Å². The molecule has 0 fully saturated rings. The van der Waals surface area contributed by atoms with Gasteiger partial charge in [-0.2, -0.15) is 0 Å². The van der Waals surface area contributed by atoms with E-state index in [1.807, 2.05) is 0 Å². The summed E-state index contributed by atoms with van der Waals surface area (Å²) in [5, 5.41) is 17.5. The van der Waals surface area contributed by atoms with Crippen molar-refractivity contribution in [2.75, 3.05) is 0 Å². The summed E-state index contributed by atoms with van der Waals surface area (Å²) in [5.74, 6) is -3.09. The summed E-state index contributed by atoms with van der Waals surface area (Å²) in [4.78, 5) is 20.6. The van der Waals surface area contributed by atoms with Gasteiger partial charge in [-0.15, -0.1) is 0 Å². The molecule has 0 heterocycles. The molecular weight excluding hydrogens is 275 g/mol. The number of hydrogen-bond acceptors (Lipinski definition) is 5. The molecule has 92 valence electrons. The van der Waals surface area contributed by atoms with Crippen LogP contribution in [0.2, 0.25) is 0 Å². The molecule has 0 saturated heterocycles. The summed E-state index contributed by atoms with van der Waals surface area (Å²) in [6, 6.07) is 1.57. The maximum absolute atomic E-state index is 10.9. The molecule has 0 aromatic heterocycles. The van der Waals surface area contributed by atoms with E-state index in [0.29, 0.717) is 6.07 Å². The number of hydrogen-bond donors (Lipinski definition) is 2. The van der Waals surface area contributed by atoms with E-state index in [9.17, 15) is 22.6 Å². The second-order valence-electron chi connectivity index (χ2n) is 3.23. The molecule has 1 rings (SSSR count). The zero-order valence-corrected chi connectivity index (χ0v) is 12.3.